The Labute approximate surface area is 159 Å². The first-order chi connectivity index (χ1) is 10.6. The summed E-state index contributed by atoms with van der Waals surface area (Å²) in [6.45, 7) is 5.18. The molecule has 126 valence electrons. The highest BCUT2D eigenvalue weighted by Gasteiger charge is 2.28. The second-order valence-electron chi connectivity index (χ2n) is 6.44. The van der Waals surface area contributed by atoms with Crippen molar-refractivity contribution in [3.63, 3.8) is 0 Å². The van der Waals surface area contributed by atoms with Gasteiger partial charge in [-0.1, -0.05) is 0 Å². The van der Waals surface area contributed by atoms with Crippen molar-refractivity contribution in [2.24, 2.45) is 5.73 Å². The molecule has 0 aliphatic carbocycles. The SMILES string of the molecule is Cc1c(Br)c(Br)c2c3c1nc(N1CCC[C@@H](N)C1)n3CCC2.Cl. The van der Waals surface area contributed by atoms with Gasteiger partial charge in [0.05, 0.1) is 11.0 Å². The average molecular weight is 465 g/mol. The zero-order chi connectivity index (χ0) is 15.4. The minimum Gasteiger partial charge on any atom is -0.341 e. The second kappa shape index (κ2) is 6.54. The third kappa shape index (κ3) is 2.71. The Morgan fingerprint density at radius 1 is 1.17 bits per heavy atom. The van der Waals surface area contributed by atoms with Crippen molar-refractivity contribution in [3.8, 4) is 0 Å². The Morgan fingerprint density at radius 2 is 1.96 bits per heavy atom. The molecule has 4 rings (SSSR count). The average Bonchev–Trinajstić information content (AvgIpc) is 2.91. The molecule has 0 saturated carbocycles. The fourth-order valence-corrected chi connectivity index (χ4v) is 4.91. The van der Waals surface area contributed by atoms with Crippen molar-refractivity contribution in [3.05, 3.63) is 20.1 Å². The lowest BCUT2D eigenvalue weighted by atomic mass is 10.0. The van der Waals surface area contributed by atoms with Crippen molar-refractivity contribution in [2.75, 3.05) is 18.0 Å². The van der Waals surface area contributed by atoms with Crippen LogP contribution in [0.25, 0.3) is 11.0 Å². The summed E-state index contributed by atoms with van der Waals surface area (Å²) in [5, 5.41) is 0. The van der Waals surface area contributed by atoms with Crippen LogP contribution in [0.4, 0.5) is 5.95 Å². The molecule has 7 heteroatoms. The van der Waals surface area contributed by atoms with Gasteiger partial charge >= 0.3 is 0 Å². The number of halogens is 3. The van der Waals surface area contributed by atoms with E-state index in [-0.39, 0.29) is 18.4 Å². The molecule has 2 aliphatic rings. The van der Waals surface area contributed by atoms with E-state index in [0.29, 0.717) is 0 Å². The van der Waals surface area contributed by atoms with Gasteiger partial charge in [-0.25, -0.2) is 4.98 Å². The molecule has 1 fully saturated rings. The number of aryl methyl sites for hydroxylation is 3. The van der Waals surface area contributed by atoms with Crippen molar-refractivity contribution in [1.82, 2.24) is 9.55 Å². The molecule has 1 saturated heterocycles. The Bertz CT molecular complexity index is 759. The van der Waals surface area contributed by atoms with Crippen LogP contribution in [-0.4, -0.2) is 28.7 Å². The Morgan fingerprint density at radius 3 is 2.70 bits per heavy atom. The van der Waals surface area contributed by atoms with Crippen molar-refractivity contribution < 1.29 is 0 Å². The number of anilines is 1. The molecule has 1 aromatic heterocycles. The highest BCUT2D eigenvalue weighted by atomic mass is 79.9. The van der Waals surface area contributed by atoms with Crippen LogP contribution in [0.15, 0.2) is 8.95 Å². The minimum absolute atomic E-state index is 0. The number of hydrogen-bond acceptors (Lipinski definition) is 3. The summed E-state index contributed by atoms with van der Waals surface area (Å²) in [7, 11) is 0. The smallest absolute Gasteiger partial charge is 0.206 e. The van der Waals surface area contributed by atoms with Crippen LogP contribution < -0.4 is 10.6 Å². The number of aromatic nitrogens is 2. The van der Waals surface area contributed by atoms with Gasteiger partial charge in [0.15, 0.2) is 0 Å². The van der Waals surface area contributed by atoms with Crippen LogP contribution in [0, 0.1) is 6.92 Å². The fourth-order valence-electron chi connectivity index (χ4n) is 3.80. The number of benzene rings is 1. The largest absolute Gasteiger partial charge is 0.341 e. The second-order valence-corrected chi connectivity index (χ2v) is 8.03. The van der Waals surface area contributed by atoms with E-state index in [4.69, 9.17) is 10.7 Å². The van der Waals surface area contributed by atoms with E-state index in [2.05, 4.69) is 48.3 Å². The van der Waals surface area contributed by atoms with E-state index < -0.39 is 0 Å². The summed E-state index contributed by atoms with van der Waals surface area (Å²) in [5.41, 5.74) is 11.2. The number of nitrogens with zero attached hydrogens (tertiary/aromatic N) is 3. The number of nitrogens with two attached hydrogens (primary N) is 1. The van der Waals surface area contributed by atoms with Gasteiger partial charge in [0.2, 0.25) is 5.95 Å². The Balaban J connectivity index is 0.00000156. The van der Waals surface area contributed by atoms with Gasteiger partial charge in [0.25, 0.3) is 0 Å². The molecule has 23 heavy (non-hydrogen) atoms. The van der Waals surface area contributed by atoms with Gasteiger partial charge < -0.3 is 15.2 Å². The molecular weight excluding hydrogens is 443 g/mol. The van der Waals surface area contributed by atoms with Crippen LogP contribution >= 0.6 is 44.3 Å². The number of rotatable bonds is 1. The van der Waals surface area contributed by atoms with Crippen molar-refractivity contribution >= 4 is 61.2 Å². The normalized spacial score (nSPS) is 20.7. The van der Waals surface area contributed by atoms with E-state index in [1.807, 2.05) is 0 Å². The maximum Gasteiger partial charge on any atom is 0.206 e. The highest BCUT2D eigenvalue weighted by Crippen LogP contribution is 2.41. The summed E-state index contributed by atoms with van der Waals surface area (Å²) >= 11 is 7.50. The van der Waals surface area contributed by atoms with E-state index in [0.717, 1.165) is 54.8 Å². The molecule has 1 aromatic carbocycles. The fraction of sp³-hybridized carbons (Fsp3) is 0.562. The predicted molar refractivity (Wildman–Crippen MR) is 105 cm³/mol. The first kappa shape index (κ1) is 17.5. The number of imidazole rings is 1. The molecule has 2 aromatic rings. The minimum atomic E-state index is 0. The van der Waals surface area contributed by atoms with E-state index in [1.54, 1.807) is 0 Å². The van der Waals surface area contributed by atoms with E-state index >= 15 is 0 Å². The molecule has 1 atom stereocenters. The predicted octanol–water partition coefficient (Wildman–Crippen LogP) is 4.17. The third-order valence-electron chi connectivity index (χ3n) is 4.92. The van der Waals surface area contributed by atoms with Crippen LogP contribution in [0.1, 0.15) is 30.4 Å². The summed E-state index contributed by atoms with van der Waals surface area (Å²) in [4.78, 5) is 7.41. The first-order valence-electron chi connectivity index (χ1n) is 7.95. The van der Waals surface area contributed by atoms with Gasteiger partial charge in [-0.3, -0.25) is 0 Å². The molecule has 0 bridgehead atoms. The standard InChI is InChI=1S/C16H20Br2N4.ClH/c1-9-12(17)13(18)11-5-3-7-22-15(11)14(9)20-16(22)21-6-2-4-10(19)8-21;/h10H,2-8,19H2,1H3;1H/t10-;/m1./s1. The molecule has 0 amide bonds. The molecule has 0 unspecified atom stereocenters. The lowest BCUT2D eigenvalue weighted by molar-refractivity contribution is 0.490. The molecule has 0 spiro atoms. The maximum absolute atomic E-state index is 6.18. The summed E-state index contributed by atoms with van der Waals surface area (Å²) in [6.07, 6.45) is 4.56. The quantitative estimate of drug-likeness (QED) is 0.689. The molecule has 4 nitrogen and oxygen atoms in total. The van der Waals surface area contributed by atoms with Gasteiger partial charge in [-0.2, -0.15) is 0 Å². The van der Waals surface area contributed by atoms with E-state index in [9.17, 15) is 0 Å². The zero-order valence-electron chi connectivity index (χ0n) is 13.1. The topological polar surface area (TPSA) is 47.1 Å². The Hall–Kier alpha value is -0.300. The van der Waals surface area contributed by atoms with Crippen molar-refractivity contribution in [1.29, 1.82) is 0 Å². The van der Waals surface area contributed by atoms with E-state index in [1.165, 1.54) is 27.5 Å². The van der Waals surface area contributed by atoms with Crippen LogP contribution in [0.5, 0.6) is 0 Å². The van der Waals surface area contributed by atoms with Gasteiger partial charge in [0, 0.05) is 34.6 Å². The molecule has 0 radical (unpaired) electrons. The van der Waals surface area contributed by atoms with Gasteiger partial charge in [-0.15, -0.1) is 12.4 Å². The maximum atomic E-state index is 6.18. The number of piperidine rings is 1. The zero-order valence-corrected chi connectivity index (χ0v) is 17.1. The molecule has 2 aliphatic heterocycles. The lowest BCUT2D eigenvalue weighted by Crippen LogP contribution is -2.44. The number of hydrogen-bond donors (Lipinski definition) is 1. The third-order valence-corrected chi connectivity index (χ3v) is 7.32. The molecule has 2 N–H and O–H groups in total. The van der Waals surface area contributed by atoms with Crippen molar-refractivity contribution in [2.45, 2.75) is 45.2 Å². The summed E-state index contributed by atoms with van der Waals surface area (Å²) in [6, 6.07) is 0.268. The monoisotopic (exact) mass is 462 g/mol. The summed E-state index contributed by atoms with van der Waals surface area (Å²) < 4.78 is 4.75. The first-order valence-corrected chi connectivity index (χ1v) is 9.53. The van der Waals surface area contributed by atoms with Gasteiger partial charge in [0.1, 0.15) is 0 Å². The van der Waals surface area contributed by atoms with Gasteiger partial charge in [-0.05, 0) is 75.6 Å². The summed E-state index contributed by atoms with van der Waals surface area (Å²) in [5.74, 6) is 1.11. The van der Waals surface area contributed by atoms with Crippen LogP contribution in [-0.2, 0) is 13.0 Å². The Kier molecular flexibility index (Phi) is 4.98. The highest BCUT2D eigenvalue weighted by molar-refractivity contribution is 9.13. The molecule has 3 heterocycles. The van der Waals surface area contributed by atoms with Crippen LogP contribution in [0.2, 0.25) is 0 Å². The lowest BCUT2D eigenvalue weighted by Gasteiger charge is -2.32. The molecular formula is C16H21Br2ClN4. The van der Waals surface area contributed by atoms with Crippen LogP contribution in [0.3, 0.4) is 0 Å².